The summed E-state index contributed by atoms with van der Waals surface area (Å²) >= 11 is 0. The van der Waals surface area contributed by atoms with E-state index >= 15 is 0 Å². The largest absolute Gasteiger partial charge is 0.493 e. The molecule has 3 aromatic rings. The first-order valence-electron chi connectivity index (χ1n) is 8.98. The average Bonchev–Trinajstić information content (AvgIpc) is 3.29. The van der Waals surface area contributed by atoms with Crippen LogP contribution >= 0.6 is 0 Å². The minimum Gasteiger partial charge on any atom is -0.493 e. The molecule has 0 fully saturated rings. The summed E-state index contributed by atoms with van der Waals surface area (Å²) < 4.78 is 10.7. The van der Waals surface area contributed by atoms with E-state index in [1.807, 2.05) is 0 Å². The second-order valence-electron chi connectivity index (χ2n) is 5.96. The lowest BCUT2D eigenvalue weighted by Crippen LogP contribution is -2.17. The first-order chi connectivity index (χ1) is 15.1. The van der Waals surface area contributed by atoms with Gasteiger partial charge in [-0.15, -0.1) is 11.5 Å². The van der Waals surface area contributed by atoms with Crippen LogP contribution in [0.15, 0.2) is 48.5 Å². The zero-order valence-corrected chi connectivity index (χ0v) is 16.5. The van der Waals surface area contributed by atoms with Crippen LogP contribution in [0.1, 0.15) is 15.9 Å². The number of methoxy groups -OCH3 is 1. The Morgan fingerprint density at radius 1 is 1.19 bits per heavy atom. The van der Waals surface area contributed by atoms with Crippen LogP contribution in [-0.2, 0) is 4.79 Å². The molecule has 156 valence electrons. The molecule has 31 heavy (non-hydrogen) atoms. The van der Waals surface area contributed by atoms with Crippen molar-refractivity contribution in [2.24, 2.45) is 0 Å². The lowest BCUT2D eigenvalue weighted by atomic mass is 10.1. The third kappa shape index (κ3) is 5.68. The summed E-state index contributed by atoms with van der Waals surface area (Å²) in [6, 6.07) is 11.7. The molecule has 10 heteroatoms. The molecule has 10 nitrogen and oxygen atoms in total. The van der Waals surface area contributed by atoms with E-state index in [-0.39, 0.29) is 18.1 Å². The van der Waals surface area contributed by atoms with Crippen molar-refractivity contribution in [3.63, 3.8) is 0 Å². The Hall–Kier alpha value is -4.65. The maximum atomic E-state index is 12.4. The number of hydrogen-bond donors (Lipinski definition) is 3. The van der Waals surface area contributed by atoms with E-state index in [0.29, 0.717) is 22.7 Å². The number of carbonyl (C=O) groups is 2. The summed E-state index contributed by atoms with van der Waals surface area (Å²) in [5.41, 5.74) is 1.28. The molecule has 0 spiro atoms. The number of terminal acetylenes is 1. The molecule has 0 aliphatic rings. The van der Waals surface area contributed by atoms with Crippen LogP contribution in [0.4, 0.5) is 11.6 Å². The van der Waals surface area contributed by atoms with Gasteiger partial charge >= 0.3 is 0 Å². The fraction of sp³-hybridized carbons (Fsp3) is 0.0952. The smallest absolute Gasteiger partial charge is 0.270 e. The Bertz CT molecular complexity index is 1140. The van der Waals surface area contributed by atoms with Crippen molar-refractivity contribution < 1.29 is 19.1 Å². The highest BCUT2D eigenvalue weighted by atomic mass is 16.5. The maximum Gasteiger partial charge on any atom is 0.270 e. The average molecular weight is 418 g/mol. The Kier molecular flexibility index (Phi) is 6.95. The highest BCUT2D eigenvalue weighted by Crippen LogP contribution is 2.28. The third-order valence-electron chi connectivity index (χ3n) is 3.93. The van der Waals surface area contributed by atoms with Gasteiger partial charge in [0.25, 0.3) is 11.9 Å². The summed E-state index contributed by atoms with van der Waals surface area (Å²) in [5, 5.41) is 18.1. The van der Waals surface area contributed by atoms with Crippen LogP contribution in [0, 0.1) is 12.3 Å². The molecular formula is C21H18N6O4. The molecule has 0 saturated heterocycles. The molecule has 2 aromatic carbocycles. The molecule has 0 aliphatic carbocycles. The van der Waals surface area contributed by atoms with Crippen LogP contribution in [0.2, 0.25) is 0 Å². The van der Waals surface area contributed by atoms with E-state index in [1.54, 1.807) is 48.5 Å². The summed E-state index contributed by atoms with van der Waals surface area (Å²) in [7, 11) is 1.51. The number of carbonyl (C=O) groups excluding carboxylic acids is 2. The second-order valence-corrected chi connectivity index (χ2v) is 5.96. The fourth-order valence-electron chi connectivity index (χ4n) is 2.55. The number of rotatable bonds is 8. The highest BCUT2D eigenvalue weighted by molar-refractivity contribution is 6.11. The van der Waals surface area contributed by atoms with Gasteiger partial charge in [-0.2, -0.15) is 5.21 Å². The summed E-state index contributed by atoms with van der Waals surface area (Å²) in [4.78, 5) is 24.8. The Morgan fingerprint density at radius 3 is 2.77 bits per heavy atom. The molecule has 0 unspecified atom stereocenters. The maximum absolute atomic E-state index is 12.4. The zero-order valence-electron chi connectivity index (χ0n) is 16.5. The van der Waals surface area contributed by atoms with E-state index in [1.165, 1.54) is 13.2 Å². The Labute approximate surface area is 177 Å². The Balaban J connectivity index is 1.69. The molecule has 0 radical (unpaired) electrons. The van der Waals surface area contributed by atoms with Crippen LogP contribution in [0.3, 0.4) is 0 Å². The van der Waals surface area contributed by atoms with Crippen molar-refractivity contribution in [2.75, 3.05) is 24.4 Å². The van der Waals surface area contributed by atoms with E-state index in [0.717, 1.165) is 0 Å². The van der Waals surface area contributed by atoms with Gasteiger partial charge in [0.15, 0.2) is 11.5 Å². The summed E-state index contributed by atoms with van der Waals surface area (Å²) in [6.07, 6.45) is 8.14. The predicted octanol–water partition coefficient (Wildman–Crippen LogP) is 2.12. The number of ether oxygens (including phenoxy) is 2. The molecule has 0 atom stereocenters. The molecule has 3 N–H and O–H groups in total. The van der Waals surface area contributed by atoms with Gasteiger partial charge in [0.2, 0.25) is 5.91 Å². The standard InChI is InChI=1S/C21H18N6O4/c1-3-12-31-17-10-8-14(13-18(17)30-2)9-11-19(28)22-16-7-5-4-6-15(16)20(29)23-21-24-26-27-25-21/h1,4-11,13H,12H2,2H3,(H,22,28)(H2,23,24,25,26,27,29). The Morgan fingerprint density at radius 2 is 2.03 bits per heavy atom. The zero-order chi connectivity index (χ0) is 22.1. The van der Waals surface area contributed by atoms with Crippen LogP contribution in [0.25, 0.3) is 6.08 Å². The molecule has 0 aliphatic heterocycles. The van der Waals surface area contributed by atoms with Gasteiger partial charge in [-0.1, -0.05) is 29.2 Å². The number of benzene rings is 2. The van der Waals surface area contributed by atoms with Crippen LogP contribution < -0.4 is 20.1 Å². The van der Waals surface area contributed by atoms with Gasteiger partial charge in [-0.3, -0.25) is 14.9 Å². The van der Waals surface area contributed by atoms with E-state index < -0.39 is 11.8 Å². The predicted molar refractivity (Wildman–Crippen MR) is 114 cm³/mol. The number of aromatic amines is 1. The molecule has 0 saturated carbocycles. The SMILES string of the molecule is C#CCOc1ccc(C=CC(=O)Nc2ccccc2C(=O)Nc2nn[nH]n2)cc1OC. The van der Waals surface area contributed by atoms with Gasteiger partial charge < -0.3 is 14.8 Å². The van der Waals surface area contributed by atoms with Crippen molar-refractivity contribution in [1.82, 2.24) is 20.6 Å². The first-order valence-corrected chi connectivity index (χ1v) is 8.98. The van der Waals surface area contributed by atoms with Crippen molar-refractivity contribution in [2.45, 2.75) is 0 Å². The molecule has 3 rings (SSSR count). The summed E-state index contributed by atoms with van der Waals surface area (Å²) in [5.74, 6) is 2.48. The van der Waals surface area contributed by atoms with E-state index in [2.05, 4.69) is 37.2 Å². The molecule has 1 heterocycles. The lowest BCUT2D eigenvalue weighted by Gasteiger charge is -2.10. The number of anilines is 2. The van der Waals surface area contributed by atoms with E-state index in [9.17, 15) is 9.59 Å². The van der Waals surface area contributed by atoms with Crippen molar-refractivity contribution in [3.8, 4) is 23.8 Å². The molecule has 1 aromatic heterocycles. The number of nitrogens with one attached hydrogen (secondary N) is 3. The van der Waals surface area contributed by atoms with Crippen molar-refractivity contribution in [3.05, 3.63) is 59.7 Å². The first kappa shape index (κ1) is 21.1. The number of aromatic nitrogens is 4. The molecule has 0 bridgehead atoms. The van der Waals surface area contributed by atoms with Gasteiger partial charge in [-0.05, 0) is 41.1 Å². The van der Waals surface area contributed by atoms with Gasteiger partial charge in [0.1, 0.15) is 6.61 Å². The van der Waals surface area contributed by atoms with E-state index in [4.69, 9.17) is 15.9 Å². The van der Waals surface area contributed by atoms with Gasteiger partial charge in [-0.25, -0.2) is 0 Å². The number of para-hydroxylation sites is 1. The second kappa shape index (κ2) is 10.2. The topological polar surface area (TPSA) is 131 Å². The normalized spacial score (nSPS) is 10.3. The minimum atomic E-state index is -0.492. The molecule has 2 amide bonds. The van der Waals surface area contributed by atoms with Crippen LogP contribution in [-0.4, -0.2) is 46.2 Å². The minimum absolute atomic E-state index is 0.0228. The number of amides is 2. The quantitative estimate of drug-likeness (QED) is 0.377. The van der Waals surface area contributed by atoms with Crippen molar-refractivity contribution >= 4 is 29.5 Å². The number of tetrazole rings is 1. The summed E-state index contributed by atoms with van der Waals surface area (Å²) in [6.45, 7) is 0.119. The monoisotopic (exact) mass is 418 g/mol. The lowest BCUT2D eigenvalue weighted by molar-refractivity contribution is -0.111. The molecular weight excluding hydrogens is 400 g/mol. The third-order valence-corrected chi connectivity index (χ3v) is 3.93. The number of nitrogens with zero attached hydrogens (tertiary/aromatic N) is 3. The van der Waals surface area contributed by atoms with Crippen molar-refractivity contribution in [1.29, 1.82) is 0 Å². The number of H-pyrrole nitrogens is 1. The van der Waals surface area contributed by atoms with Gasteiger partial charge in [0, 0.05) is 6.08 Å². The number of hydrogen-bond acceptors (Lipinski definition) is 7. The highest BCUT2D eigenvalue weighted by Gasteiger charge is 2.14. The van der Waals surface area contributed by atoms with Crippen LogP contribution in [0.5, 0.6) is 11.5 Å². The fourth-order valence-corrected chi connectivity index (χ4v) is 2.55. The van der Waals surface area contributed by atoms with Gasteiger partial charge in [0.05, 0.1) is 18.4 Å².